The van der Waals surface area contributed by atoms with E-state index in [-0.39, 0.29) is 12.5 Å². The molecule has 2 heterocycles. The van der Waals surface area contributed by atoms with Crippen LogP contribution in [0.4, 0.5) is 0 Å². The summed E-state index contributed by atoms with van der Waals surface area (Å²) in [4.78, 5) is 12.9. The molecule has 0 saturated heterocycles. The third-order valence-electron chi connectivity index (χ3n) is 2.54. The zero-order valence-corrected chi connectivity index (χ0v) is 11.8. The summed E-state index contributed by atoms with van der Waals surface area (Å²) in [6.07, 6.45) is 1.70. The number of nitrogens with two attached hydrogens (primary N) is 1. The zero-order valence-electron chi connectivity index (χ0n) is 11.0. The van der Waals surface area contributed by atoms with E-state index >= 15 is 0 Å². The van der Waals surface area contributed by atoms with Crippen molar-refractivity contribution in [2.75, 3.05) is 0 Å². The second-order valence-electron chi connectivity index (χ2n) is 4.88. The maximum atomic E-state index is 11.7. The lowest BCUT2D eigenvalue weighted by atomic mass is 10.0. The van der Waals surface area contributed by atoms with E-state index in [2.05, 4.69) is 15.6 Å². The van der Waals surface area contributed by atoms with Gasteiger partial charge in [-0.2, -0.15) is 0 Å². The second kappa shape index (κ2) is 5.50. The lowest BCUT2D eigenvalue weighted by molar-refractivity contribution is -0.122. The van der Waals surface area contributed by atoms with Crippen LogP contribution in [-0.4, -0.2) is 20.9 Å². The van der Waals surface area contributed by atoms with Gasteiger partial charge in [-0.05, 0) is 25.3 Å². The van der Waals surface area contributed by atoms with E-state index in [0.29, 0.717) is 12.2 Å². The van der Waals surface area contributed by atoms with Gasteiger partial charge in [0.05, 0.1) is 18.3 Å². The number of thiophene rings is 1. The number of nitrogens with one attached hydrogen (secondary N) is 1. The molecular formula is C12H17N5OS. The van der Waals surface area contributed by atoms with Gasteiger partial charge in [0.15, 0.2) is 0 Å². The summed E-state index contributed by atoms with van der Waals surface area (Å²) in [6.45, 7) is 4.38. The van der Waals surface area contributed by atoms with Gasteiger partial charge >= 0.3 is 0 Å². The van der Waals surface area contributed by atoms with Gasteiger partial charge < -0.3 is 11.1 Å². The third kappa shape index (κ3) is 3.87. The van der Waals surface area contributed by atoms with Crippen LogP contribution in [0, 0.1) is 0 Å². The Labute approximate surface area is 115 Å². The van der Waals surface area contributed by atoms with Crippen molar-refractivity contribution in [1.82, 2.24) is 20.3 Å². The molecule has 0 aliphatic rings. The van der Waals surface area contributed by atoms with E-state index in [1.807, 2.05) is 31.4 Å². The Morgan fingerprint density at radius 3 is 2.95 bits per heavy atom. The van der Waals surface area contributed by atoms with Crippen LogP contribution in [0.3, 0.4) is 0 Å². The highest BCUT2D eigenvalue weighted by atomic mass is 32.1. The fourth-order valence-corrected chi connectivity index (χ4v) is 2.12. The van der Waals surface area contributed by atoms with E-state index in [0.717, 1.165) is 4.88 Å². The first kappa shape index (κ1) is 13.7. The molecule has 102 valence electrons. The van der Waals surface area contributed by atoms with Gasteiger partial charge in [-0.3, -0.25) is 4.79 Å². The van der Waals surface area contributed by atoms with Crippen molar-refractivity contribution in [3.05, 3.63) is 34.3 Å². The average Bonchev–Trinajstić information content (AvgIpc) is 2.95. The molecule has 1 amide bonds. The van der Waals surface area contributed by atoms with Crippen molar-refractivity contribution in [2.45, 2.75) is 32.5 Å². The second-order valence-corrected chi connectivity index (χ2v) is 5.91. The first-order valence-electron chi connectivity index (χ1n) is 5.94. The first-order valence-corrected chi connectivity index (χ1v) is 6.81. The molecule has 0 unspecified atom stereocenters. The Morgan fingerprint density at radius 2 is 2.37 bits per heavy atom. The highest BCUT2D eigenvalue weighted by molar-refractivity contribution is 7.09. The van der Waals surface area contributed by atoms with Gasteiger partial charge in [0, 0.05) is 4.88 Å². The summed E-state index contributed by atoms with van der Waals surface area (Å²) in [6, 6.07) is 3.94. The van der Waals surface area contributed by atoms with Crippen molar-refractivity contribution in [3.8, 4) is 0 Å². The van der Waals surface area contributed by atoms with Crippen LogP contribution in [0.1, 0.15) is 24.4 Å². The van der Waals surface area contributed by atoms with Crippen LogP contribution in [0.5, 0.6) is 0 Å². The zero-order chi connectivity index (χ0) is 13.9. The highest BCUT2D eigenvalue weighted by Crippen LogP contribution is 2.12. The summed E-state index contributed by atoms with van der Waals surface area (Å²) in [5, 5.41) is 12.7. The minimum Gasteiger partial charge on any atom is -0.350 e. The van der Waals surface area contributed by atoms with Crippen molar-refractivity contribution in [1.29, 1.82) is 0 Å². The summed E-state index contributed by atoms with van der Waals surface area (Å²) in [5.74, 6) is -0.0975. The normalized spacial score (nSPS) is 11.5. The number of amides is 1. The lowest BCUT2D eigenvalue weighted by Gasteiger charge is -2.13. The van der Waals surface area contributed by atoms with E-state index in [1.54, 1.807) is 17.5 Å². The molecule has 0 bridgehead atoms. The molecule has 3 N–H and O–H groups in total. The molecule has 0 atom stereocenters. The molecule has 0 saturated carbocycles. The monoisotopic (exact) mass is 279 g/mol. The van der Waals surface area contributed by atoms with Gasteiger partial charge in [0.2, 0.25) is 5.91 Å². The lowest BCUT2D eigenvalue weighted by Crippen LogP contribution is -2.29. The summed E-state index contributed by atoms with van der Waals surface area (Å²) >= 11 is 1.61. The van der Waals surface area contributed by atoms with Crippen molar-refractivity contribution in [2.24, 2.45) is 5.73 Å². The SMILES string of the molecule is CC(C)(N)c1cn(CC(=O)NCc2cccs2)nn1. The summed E-state index contributed by atoms with van der Waals surface area (Å²) in [5.41, 5.74) is 6.02. The Hall–Kier alpha value is -1.73. The van der Waals surface area contributed by atoms with Crippen LogP contribution in [0.25, 0.3) is 0 Å². The highest BCUT2D eigenvalue weighted by Gasteiger charge is 2.18. The molecule has 6 nitrogen and oxygen atoms in total. The standard InChI is InChI=1S/C12H17N5OS/c1-12(2,13)10-7-17(16-15-10)8-11(18)14-6-9-4-3-5-19-9/h3-5,7H,6,8,13H2,1-2H3,(H,14,18). The maximum Gasteiger partial charge on any atom is 0.242 e. The largest absolute Gasteiger partial charge is 0.350 e. The average molecular weight is 279 g/mol. The molecule has 19 heavy (non-hydrogen) atoms. The van der Waals surface area contributed by atoms with Gasteiger partial charge in [-0.25, -0.2) is 4.68 Å². The number of hydrogen-bond donors (Lipinski definition) is 2. The number of carbonyl (C=O) groups is 1. The number of rotatable bonds is 5. The molecule has 2 aromatic rings. The Kier molecular flexibility index (Phi) is 3.96. The fourth-order valence-electron chi connectivity index (χ4n) is 1.47. The Balaban J connectivity index is 1.87. The quantitative estimate of drug-likeness (QED) is 0.849. The number of hydrogen-bond acceptors (Lipinski definition) is 5. The third-order valence-corrected chi connectivity index (χ3v) is 3.42. The van der Waals surface area contributed by atoms with E-state index < -0.39 is 5.54 Å². The molecule has 0 aliphatic heterocycles. The van der Waals surface area contributed by atoms with E-state index in [1.165, 1.54) is 4.68 Å². The molecule has 0 aliphatic carbocycles. The topological polar surface area (TPSA) is 85.8 Å². The number of aromatic nitrogens is 3. The van der Waals surface area contributed by atoms with Crippen LogP contribution in [-0.2, 0) is 23.4 Å². The first-order chi connectivity index (χ1) is 8.95. The minimum atomic E-state index is -0.550. The molecule has 0 aromatic carbocycles. The van der Waals surface area contributed by atoms with Crippen molar-refractivity contribution in [3.63, 3.8) is 0 Å². The Bertz CT molecular complexity index is 541. The molecule has 2 rings (SSSR count). The summed E-state index contributed by atoms with van der Waals surface area (Å²) in [7, 11) is 0. The minimum absolute atomic E-state index is 0.0975. The number of carbonyl (C=O) groups excluding carboxylic acids is 1. The van der Waals surface area contributed by atoms with E-state index in [9.17, 15) is 4.79 Å². The van der Waals surface area contributed by atoms with Crippen molar-refractivity contribution >= 4 is 17.2 Å². The maximum absolute atomic E-state index is 11.7. The van der Waals surface area contributed by atoms with Crippen LogP contribution in [0.15, 0.2) is 23.7 Å². The van der Waals surface area contributed by atoms with Crippen molar-refractivity contribution < 1.29 is 4.79 Å². The summed E-state index contributed by atoms with van der Waals surface area (Å²) < 4.78 is 1.49. The number of nitrogens with zero attached hydrogens (tertiary/aromatic N) is 3. The fraction of sp³-hybridized carbons (Fsp3) is 0.417. The Morgan fingerprint density at radius 1 is 1.58 bits per heavy atom. The van der Waals surface area contributed by atoms with Gasteiger partial charge in [-0.15, -0.1) is 16.4 Å². The smallest absolute Gasteiger partial charge is 0.242 e. The predicted molar refractivity (Wildman–Crippen MR) is 73.4 cm³/mol. The molecule has 7 heteroatoms. The molecule has 0 fully saturated rings. The van der Waals surface area contributed by atoms with Crippen LogP contribution >= 0.6 is 11.3 Å². The van der Waals surface area contributed by atoms with Gasteiger partial charge in [-0.1, -0.05) is 11.3 Å². The predicted octanol–water partition coefficient (Wildman–Crippen LogP) is 0.850. The molecule has 0 spiro atoms. The molecular weight excluding hydrogens is 262 g/mol. The van der Waals surface area contributed by atoms with Crippen LogP contribution in [0.2, 0.25) is 0 Å². The van der Waals surface area contributed by atoms with Crippen LogP contribution < -0.4 is 11.1 Å². The van der Waals surface area contributed by atoms with Gasteiger partial charge in [0.25, 0.3) is 0 Å². The van der Waals surface area contributed by atoms with E-state index in [4.69, 9.17) is 5.73 Å². The molecule has 2 aromatic heterocycles. The molecule has 0 radical (unpaired) electrons. The van der Waals surface area contributed by atoms with Gasteiger partial charge in [0.1, 0.15) is 12.2 Å².